The zero-order valence-electron chi connectivity index (χ0n) is 23.1. The molecule has 3 amide bonds. The van der Waals surface area contributed by atoms with Gasteiger partial charge in [-0.2, -0.15) is 0 Å². The summed E-state index contributed by atoms with van der Waals surface area (Å²) in [6.07, 6.45) is 3.99. The fourth-order valence-corrected chi connectivity index (χ4v) is 3.91. The molecule has 1 aromatic rings. The molecule has 0 aliphatic rings. The number of rotatable bonds is 13. The van der Waals surface area contributed by atoms with Gasteiger partial charge in [-0.15, -0.1) is 0 Å². The summed E-state index contributed by atoms with van der Waals surface area (Å²) >= 11 is 0. The Morgan fingerprint density at radius 3 is 2.23 bits per heavy atom. The molecular weight excluding hydrogens is 442 g/mol. The van der Waals surface area contributed by atoms with E-state index < -0.39 is 17.7 Å². The summed E-state index contributed by atoms with van der Waals surface area (Å²) in [6.45, 7) is 16.0. The third kappa shape index (κ3) is 11.1. The van der Waals surface area contributed by atoms with E-state index in [2.05, 4.69) is 31.4 Å². The van der Waals surface area contributed by atoms with Crippen molar-refractivity contribution in [2.75, 3.05) is 13.1 Å². The van der Waals surface area contributed by atoms with Gasteiger partial charge < -0.3 is 20.3 Å². The van der Waals surface area contributed by atoms with Gasteiger partial charge in [0.1, 0.15) is 18.2 Å². The molecule has 1 aromatic carbocycles. The normalized spacial score (nSPS) is 13.2. The average molecular weight is 490 g/mol. The molecule has 0 saturated carbocycles. The summed E-state index contributed by atoms with van der Waals surface area (Å²) in [5, 5.41) is 5.62. The van der Waals surface area contributed by atoms with Crippen molar-refractivity contribution >= 4 is 17.9 Å². The average Bonchev–Trinajstić information content (AvgIpc) is 2.76. The first-order valence-corrected chi connectivity index (χ1v) is 13.0. The van der Waals surface area contributed by atoms with E-state index in [0.29, 0.717) is 12.5 Å². The second-order valence-corrected chi connectivity index (χ2v) is 10.7. The molecular formula is C28H47N3O4. The Morgan fingerprint density at radius 1 is 1.00 bits per heavy atom. The lowest BCUT2D eigenvalue weighted by atomic mass is 9.95. The van der Waals surface area contributed by atoms with Crippen molar-refractivity contribution in [1.82, 2.24) is 15.5 Å². The van der Waals surface area contributed by atoms with Gasteiger partial charge >= 0.3 is 6.09 Å². The van der Waals surface area contributed by atoms with Gasteiger partial charge in [-0.05, 0) is 70.9 Å². The maximum absolute atomic E-state index is 13.6. The molecule has 2 atom stereocenters. The number of nitrogens with zero attached hydrogens (tertiary/aromatic N) is 1. The molecule has 2 N–H and O–H groups in total. The molecule has 0 radical (unpaired) electrons. The molecule has 7 nitrogen and oxygen atoms in total. The van der Waals surface area contributed by atoms with Crippen molar-refractivity contribution in [3.05, 3.63) is 35.4 Å². The van der Waals surface area contributed by atoms with Crippen LogP contribution in [0.15, 0.2) is 24.3 Å². The Hall–Kier alpha value is -2.57. The highest BCUT2D eigenvalue weighted by molar-refractivity contribution is 5.90. The summed E-state index contributed by atoms with van der Waals surface area (Å²) < 4.78 is 5.29. The van der Waals surface area contributed by atoms with Gasteiger partial charge in [-0.3, -0.25) is 9.59 Å². The number of hydrogen-bond donors (Lipinski definition) is 2. The van der Waals surface area contributed by atoms with Crippen molar-refractivity contribution in [2.24, 2.45) is 5.92 Å². The van der Waals surface area contributed by atoms with Crippen molar-refractivity contribution < 1.29 is 19.1 Å². The first-order valence-electron chi connectivity index (χ1n) is 13.0. The predicted molar refractivity (Wildman–Crippen MR) is 141 cm³/mol. The summed E-state index contributed by atoms with van der Waals surface area (Å²) in [5.41, 5.74) is 1.07. The largest absolute Gasteiger partial charge is 0.444 e. The van der Waals surface area contributed by atoms with Crippen LogP contribution in [-0.4, -0.2) is 47.5 Å². The molecule has 0 fully saturated rings. The lowest BCUT2D eigenvalue weighted by molar-refractivity contribution is -0.142. The monoisotopic (exact) mass is 489 g/mol. The van der Waals surface area contributed by atoms with E-state index in [1.165, 1.54) is 0 Å². The van der Waals surface area contributed by atoms with E-state index in [4.69, 9.17) is 4.74 Å². The van der Waals surface area contributed by atoms with Crippen molar-refractivity contribution in [3.63, 3.8) is 0 Å². The molecule has 0 aromatic heterocycles. The topological polar surface area (TPSA) is 87.7 Å². The fraction of sp³-hybridized carbons (Fsp3) is 0.679. The van der Waals surface area contributed by atoms with Gasteiger partial charge in [0, 0.05) is 12.6 Å². The van der Waals surface area contributed by atoms with E-state index in [9.17, 15) is 14.4 Å². The van der Waals surface area contributed by atoms with Gasteiger partial charge in [0.05, 0.1) is 0 Å². The van der Waals surface area contributed by atoms with Crippen LogP contribution >= 0.6 is 0 Å². The highest BCUT2D eigenvalue weighted by Crippen LogP contribution is 2.28. The zero-order chi connectivity index (χ0) is 26.6. The van der Waals surface area contributed by atoms with Crippen LogP contribution in [0.1, 0.15) is 97.7 Å². The van der Waals surface area contributed by atoms with E-state index in [0.717, 1.165) is 43.2 Å². The fourth-order valence-electron chi connectivity index (χ4n) is 3.91. The summed E-state index contributed by atoms with van der Waals surface area (Å²) in [5.74, 6) is -0.0458. The molecule has 0 aliphatic carbocycles. The number of carbonyl (C=O) groups is 3. The number of nitrogens with one attached hydrogen (secondary N) is 2. The lowest BCUT2D eigenvalue weighted by Gasteiger charge is -2.37. The van der Waals surface area contributed by atoms with E-state index in [-0.39, 0.29) is 24.4 Å². The first-order chi connectivity index (χ1) is 16.4. The Bertz CT molecular complexity index is 817. The number of carbonyl (C=O) groups excluding carboxylic acids is 3. The minimum absolute atomic E-state index is 0.197. The molecule has 1 rings (SSSR count). The smallest absolute Gasteiger partial charge is 0.408 e. The zero-order valence-corrected chi connectivity index (χ0v) is 23.1. The molecule has 198 valence electrons. The molecule has 0 bridgehead atoms. The van der Waals surface area contributed by atoms with Crippen molar-refractivity contribution in [3.8, 4) is 0 Å². The Kier molecular flexibility index (Phi) is 12.8. The van der Waals surface area contributed by atoms with Crippen LogP contribution < -0.4 is 10.6 Å². The van der Waals surface area contributed by atoms with Crippen LogP contribution in [0.25, 0.3) is 0 Å². The highest BCUT2D eigenvalue weighted by Gasteiger charge is 2.35. The third-order valence-electron chi connectivity index (χ3n) is 5.80. The first kappa shape index (κ1) is 30.5. The minimum atomic E-state index is -0.784. The van der Waals surface area contributed by atoms with Crippen LogP contribution in [0.3, 0.4) is 0 Å². The van der Waals surface area contributed by atoms with Crippen LogP contribution in [0, 0.1) is 12.8 Å². The van der Waals surface area contributed by atoms with Crippen LogP contribution in [-0.2, 0) is 14.3 Å². The molecule has 35 heavy (non-hydrogen) atoms. The maximum atomic E-state index is 13.6. The van der Waals surface area contributed by atoms with Crippen LogP contribution in [0.2, 0.25) is 0 Å². The molecule has 0 spiro atoms. The summed E-state index contributed by atoms with van der Waals surface area (Å²) in [6, 6.07) is 6.69. The Morgan fingerprint density at radius 2 is 1.66 bits per heavy atom. The highest BCUT2D eigenvalue weighted by atomic mass is 16.6. The molecule has 7 heteroatoms. The van der Waals surface area contributed by atoms with Crippen molar-refractivity contribution in [1.29, 1.82) is 0 Å². The Labute approximate surface area is 212 Å². The standard InChI is InChI=1S/C28H47N3O4/c1-9-10-13-18-29-26(33)25(23-15-12-11-14-21(23)4)31(22(5)17-16-20(2)3)24(32)19-30-27(34)35-28(6,7)8/h11-12,14-15,20,22,25H,9-10,13,16-19H2,1-8H3,(H,29,33)(H,30,34). The number of benzene rings is 1. The second-order valence-electron chi connectivity index (χ2n) is 10.7. The lowest BCUT2D eigenvalue weighted by Crippen LogP contribution is -2.51. The Balaban J connectivity index is 3.28. The number of unbranched alkanes of at least 4 members (excludes halogenated alkanes) is 2. The van der Waals surface area contributed by atoms with Crippen LogP contribution in [0.5, 0.6) is 0 Å². The third-order valence-corrected chi connectivity index (χ3v) is 5.80. The van der Waals surface area contributed by atoms with E-state index >= 15 is 0 Å². The quantitative estimate of drug-likeness (QED) is 0.357. The predicted octanol–water partition coefficient (Wildman–Crippen LogP) is 5.52. The van der Waals surface area contributed by atoms with Crippen molar-refractivity contribution in [2.45, 2.75) is 105 Å². The summed E-state index contributed by atoms with van der Waals surface area (Å²) in [4.78, 5) is 41.0. The van der Waals surface area contributed by atoms with Gasteiger partial charge in [-0.1, -0.05) is 57.9 Å². The minimum Gasteiger partial charge on any atom is -0.444 e. The molecule has 0 saturated heterocycles. The van der Waals surface area contributed by atoms with Gasteiger partial charge in [0.15, 0.2) is 0 Å². The van der Waals surface area contributed by atoms with Gasteiger partial charge in [-0.25, -0.2) is 4.79 Å². The SMILES string of the molecule is CCCCCNC(=O)C(c1ccccc1C)N(C(=O)CNC(=O)OC(C)(C)C)C(C)CCC(C)C. The number of ether oxygens (including phenoxy) is 1. The number of amides is 3. The van der Waals surface area contributed by atoms with E-state index in [1.807, 2.05) is 38.1 Å². The molecule has 2 unspecified atom stereocenters. The van der Waals surface area contributed by atoms with Gasteiger partial charge in [0.25, 0.3) is 0 Å². The summed E-state index contributed by atoms with van der Waals surface area (Å²) in [7, 11) is 0. The van der Waals surface area contributed by atoms with E-state index in [1.54, 1.807) is 25.7 Å². The number of hydrogen-bond acceptors (Lipinski definition) is 4. The molecule has 0 aliphatic heterocycles. The number of aryl methyl sites for hydroxylation is 1. The van der Waals surface area contributed by atoms with Crippen LogP contribution in [0.4, 0.5) is 4.79 Å². The molecule has 0 heterocycles. The van der Waals surface area contributed by atoms with Gasteiger partial charge in [0.2, 0.25) is 11.8 Å². The second kappa shape index (κ2) is 14.7. The maximum Gasteiger partial charge on any atom is 0.408 e. The number of alkyl carbamates (subject to hydrolysis) is 1.